The molecule has 0 radical (unpaired) electrons. The van der Waals surface area contributed by atoms with Crippen LogP contribution in [0.3, 0.4) is 0 Å². The van der Waals surface area contributed by atoms with Crippen LogP contribution in [0.25, 0.3) is 0 Å². The summed E-state index contributed by atoms with van der Waals surface area (Å²) in [6.45, 7) is 6.73. The number of fused-ring (bicyclic) bond motifs is 1. The third-order valence-corrected chi connectivity index (χ3v) is 2.52. The number of rotatable bonds is 1. The first-order valence-electron chi connectivity index (χ1n) is 5.54. The molecule has 0 saturated heterocycles. The van der Waals surface area contributed by atoms with E-state index in [-0.39, 0.29) is 11.5 Å². The Morgan fingerprint density at radius 1 is 1.38 bits per heavy atom. The molecule has 2 N–H and O–H groups in total. The van der Waals surface area contributed by atoms with E-state index in [1.54, 1.807) is 0 Å². The summed E-state index contributed by atoms with van der Waals surface area (Å²) in [5, 5.41) is 0. The number of nitrogens with zero attached hydrogens (tertiary/aromatic N) is 1. The van der Waals surface area contributed by atoms with Gasteiger partial charge in [0.25, 0.3) is 0 Å². The van der Waals surface area contributed by atoms with Crippen LogP contribution in [0.5, 0.6) is 5.75 Å². The van der Waals surface area contributed by atoms with Crippen LogP contribution in [0.4, 0.5) is 0 Å². The first-order valence-corrected chi connectivity index (χ1v) is 5.54. The number of para-hydroxylation sites is 1. The van der Waals surface area contributed by atoms with Crippen molar-refractivity contribution in [3.05, 3.63) is 29.8 Å². The summed E-state index contributed by atoms with van der Waals surface area (Å²) < 4.78 is 5.59. The van der Waals surface area contributed by atoms with Gasteiger partial charge in [0.1, 0.15) is 18.2 Å². The van der Waals surface area contributed by atoms with Crippen molar-refractivity contribution in [2.45, 2.75) is 32.2 Å². The van der Waals surface area contributed by atoms with Gasteiger partial charge in [-0.2, -0.15) is 0 Å². The topological polar surface area (TPSA) is 47.6 Å². The molecule has 1 aliphatic rings. The normalized spacial score (nSPS) is 20.4. The fourth-order valence-electron chi connectivity index (χ4n) is 1.87. The average Bonchev–Trinajstić information content (AvgIpc) is 2.58. The zero-order valence-corrected chi connectivity index (χ0v) is 10.0. The van der Waals surface area contributed by atoms with Gasteiger partial charge in [0, 0.05) is 5.56 Å². The largest absolute Gasteiger partial charge is 0.492 e. The van der Waals surface area contributed by atoms with Gasteiger partial charge in [0.05, 0.1) is 11.5 Å². The fraction of sp³-hybridized carbons (Fsp3) is 0.462. The second-order valence-electron chi connectivity index (χ2n) is 5.11. The lowest BCUT2D eigenvalue weighted by atomic mass is 9.99. The van der Waals surface area contributed by atoms with Crippen LogP contribution in [-0.4, -0.2) is 18.0 Å². The summed E-state index contributed by atoms with van der Waals surface area (Å²) in [5.74, 6) is 1.70. The SMILES string of the molecule is CC(C)(C)N=C(N)C1COc2ccccc21. The minimum atomic E-state index is -0.137. The summed E-state index contributed by atoms with van der Waals surface area (Å²) in [5.41, 5.74) is 7.06. The van der Waals surface area contributed by atoms with E-state index in [0.717, 1.165) is 11.3 Å². The van der Waals surface area contributed by atoms with Crippen LogP contribution in [0.1, 0.15) is 32.3 Å². The van der Waals surface area contributed by atoms with E-state index in [9.17, 15) is 0 Å². The third kappa shape index (κ3) is 2.18. The predicted molar refractivity (Wildman–Crippen MR) is 66.1 cm³/mol. The van der Waals surface area contributed by atoms with Gasteiger partial charge in [0.2, 0.25) is 0 Å². The van der Waals surface area contributed by atoms with Crippen molar-refractivity contribution in [1.29, 1.82) is 0 Å². The van der Waals surface area contributed by atoms with E-state index in [2.05, 4.69) is 11.1 Å². The molecule has 1 atom stereocenters. The fourth-order valence-corrected chi connectivity index (χ4v) is 1.87. The maximum Gasteiger partial charge on any atom is 0.123 e. The highest BCUT2D eigenvalue weighted by Crippen LogP contribution is 2.33. The summed E-state index contributed by atoms with van der Waals surface area (Å²) in [6.07, 6.45) is 0. The highest BCUT2D eigenvalue weighted by molar-refractivity contribution is 5.89. The van der Waals surface area contributed by atoms with Crippen molar-refractivity contribution in [3.8, 4) is 5.75 Å². The monoisotopic (exact) mass is 218 g/mol. The van der Waals surface area contributed by atoms with Crippen molar-refractivity contribution in [1.82, 2.24) is 0 Å². The molecule has 3 heteroatoms. The van der Waals surface area contributed by atoms with Crippen LogP contribution in [-0.2, 0) is 0 Å². The molecule has 0 aromatic heterocycles. The molecule has 86 valence electrons. The van der Waals surface area contributed by atoms with Gasteiger partial charge < -0.3 is 10.5 Å². The molecule has 0 bridgehead atoms. The molecule has 0 amide bonds. The molecule has 1 unspecified atom stereocenters. The minimum Gasteiger partial charge on any atom is -0.492 e. The summed E-state index contributed by atoms with van der Waals surface area (Å²) in [7, 11) is 0. The van der Waals surface area contributed by atoms with E-state index in [1.807, 2.05) is 39.0 Å². The van der Waals surface area contributed by atoms with Gasteiger partial charge in [-0.3, -0.25) is 4.99 Å². The smallest absolute Gasteiger partial charge is 0.123 e. The number of hydrogen-bond acceptors (Lipinski definition) is 2. The quantitative estimate of drug-likeness (QED) is 0.581. The second kappa shape index (κ2) is 3.81. The molecule has 3 nitrogen and oxygen atoms in total. The number of amidine groups is 1. The molecule has 0 spiro atoms. The van der Waals surface area contributed by atoms with E-state index in [4.69, 9.17) is 10.5 Å². The number of nitrogens with two attached hydrogens (primary N) is 1. The third-order valence-electron chi connectivity index (χ3n) is 2.52. The molecule has 1 heterocycles. The minimum absolute atomic E-state index is 0.107. The molecule has 16 heavy (non-hydrogen) atoms. The van der Waals surface area contributed by atoms with Gasteiger partial charge in [-0.1, -0.05) is 18.2 Å². The maximum atomic E-state index is 6.05. The number of ether oxygens (including phenoxy) is 1. The van der Waals surface area contributed by atoms with Crippen molar-refractivity contribution < 1.29 is 4.74 Å². The molecule has 1 aliphatic heterocycles. The number of aliphatic imine (C=N–C) groups is 1. The first-order chi connectivity index (χ1) is 7.47. The molecule has 1 aromatic rings. The van der Waals surface area contributed by atoms with Crippen LogP contribution in [0.15, 0.2) is 29.3 Å². The zero-order valence-electron chi connectivity index (χ0n) is 10.0. The Labute approximate surface area is 96.3 Å². The van der Waals surface area contributed by atoms with Gasteiger partial charge in [-0.05, 0) is 26.8 Å². The summed E-state index contributed by atoms with van der Waals surface area (Å²) in [4.78, 5) is 4.50. The Kier molecular flexibility index (Phi) is 2.62. The van der Waals surface area contributed by atoms with Crippen molar-refractivity contribution in [2.75, 3.05) is 6.61 Å². The summed E-state index contributed by atoms with van der Waals surface area (Å²) >= 11 is 0. The van der Waals surface area contributed by atoms with Gasteiger partial charge in [0.15, 0.2) is 0 Å². The molecular weight excluding hydrogens is 200 g/mol. The molecule has 1 aromatic carbocycles. The van der Waals surface area contributed by atoms with Gasteiger partial charge in [-0.15, -0.1) is 0 Å². The molecule has 2 rings (SSSR count). The molecule has 0 fully saturated rings. The lowest BCUT2D eigenvalue weighted by Crippen LogP contribution is -2.27. The Hall–Kier alpha value is -1.51. The Balaban J connectivity index is 2.29. The zero-order chi connectivity index (χ0) is 11.8. The van der Waals surface area contributed by atoms with E-state index in [0.29, 0.717) is 12.4 Å². The molecular formula is C13H18N2O. The molecule has 0 aliphatic carbocycles. The lowest BCUT2D eigenvalue weighted by molar-refractivity contribution is 0.348. The highest BCUT2D eigenvalue weighted by atomic mass is 16.5. The summed E-state index contributed by atoms with van der Waals surface area (Å²) in [6, 6.07) is 8.00. The van der Waals surface area contributed by atoms with Crippen molar-refractivity contribution >= 4 is 5.84 Å². The Morgan fingerprint density at radius 2 is 2.06 bits per heavy atom. The van der Waals surface area contributed by atoms with Crippen LogP contribution >= 0.6 is 0 Å². The van der Waals surface area contributed by atoms with E-state index >= 15 is 0 Å². The number of benzene rings is 1. The second-order valence-corrected chi connectivity index (χ2v) is 5.11. The van der Waals surface area contributed by atoms with Crippen molar-refractivity contribution in [2.24, 2.45) is 10.7 Å². The van der Waals surface area contributed by atoms with Crippen LogP contribution in [0, 0.1) is 0 Å². The Morgan fingerprint density at radius 3 is 2.75 bits per heavy atom. The first kappa shape index (κ1) is 11.0. The van der Waals surface area contributed by atoms with E-state index < -0.39 is 0 Å². The van der Waals surface area contributed by atoms with Crippen LogP contribution in [0.2, 0.25) is 0 Å². The van der Waals surface area contributed by atoms with Gasteiger partial charge in [-0.25, -0.2) is 0 Å². The standard InChI is InChI=1S/C13H18N2O/c1-13(2,3)15-12(14)10-8-16-11-7-5-4-6-9(10)11/h4-7,10H,8H2,1-3H3,(H2,14,15). The van der Waals surface area contributed by atoms with Crippen LogP contribution < -0.4 is 10.5 Å². The highest BCUT2D eigenvalue weighted by Gasteiger charge is 2.27. The maximum absolute atomic E-state index is 6.05. The average molecular weight is 218 g/mol. The van der Waals surface area contributed by atoms with E-state index in [1.165, 1.54) is 0 Å². The number of hydrogen-bond donors (Lipinski definition) is 1. The predicted octanol–water partition coefficient (Wildman–Crippen LogP) is 2.32. The Bertz CT molecular complexity index is 418. The van der Waals surface area contributed by atoms with Gasteiger partial charge >= 0.3 is 0 Å². The molecule has 0 saturated carbocycles. The van der Waals surface area contributed by atoms with Crippen molar-refractivity contribution in [3.63, 3.8) is 0 Å². The lowest BCUT2D eigenvalue weighted by Gasteiger charge is -2.16.